The minimum Gasteiger partial charge on any atom is -0.493 e. The number of rotatable bonds is 7. The van der Waals surface area contributed by atoms with Gasteiger partial charge in [-0.1, -0.05) is 30.3 Å². The molecule has 0 aliphatic carbocycles. The molecule has 1 unspecified atom stereocenters. The van der Waals surface area contributed by atoms with E-state index in [1.807, 2.05) is 42.5 Å². The van der Waals surface area contributed by atoms with Crippen molar-refractivity contribution >= 4 is 17.5 Å². The smallest absolute Gasteiger partial charge is 0.229 e. The van der Waals surface area contributed by atoms with Crippen LogP contribution in [0.2, 0.25) is 0 Å². The number of ether oxygens (including phenoxy) is 2. The van der Waals surface area contributed by atoms with Crippen LogP contribution in [0.25, 0.3) is 0 Å². The summed E-state index contributed by atoms with van der Waals surface area (Å²) in [4.78, 5) is 8.80. The topological polar surface area (TPSA) is 68.3 Å². The van der Waals surface area contributed by atoms with Crippen molar-refractivity contribution in [1.82, 2.24) is 9.97 Å². The van der Waals surface area contributed by atoms with Gasteiger partial charge in [-0.2, -0.15) is 4.98 Å². The molecule has 0 spiro atoms. The third-order valence-electron chi connectivity index (χ3n) is 3.96. The monoisotopic (exact) mass is 350 g/mol. The Morgan fingerprint density at radius 2 is 1.69 bits per heavy atom. The summed E-state index contributed by atoms with van der Waals surface area (Å²) in [6, 6.07) is 17.8. The van der Waals surface area contributed by atoms with E-state index in [1.165, 1.54) is 5.56 Å². The summed E-state index contributed by atoms with van der Waals surface area (Å²) in [7, 11) is 3.21. The summed E-state index contributed by atoms with van der Waals surface area (Å²) < 4.78 is 10.6. The number of hydrogen-bond donors (Lipinski definition) is 2. The first-order valence-corrected chi connectivity index (χ1v) is 8.33. The van der Waals surface area contributed by atoms with Crippen LogP contribution >= 0.6 is 0 Å². The zero-order valence-corrected chi connectivity index (χ0v) is 15.1. The van der Waals surface area contributed by atoms with Gasteiger partial charge in [0.1, 0.15) is 5.82 Å². The standard InChI is InChI=1S/C20H22N4O2/c1-14(15-7-5-4-6-8-15)22-19-11-12-21-20(24-19)23-16-9-10-17(25-2)18(13-16)26-3/h4-14H,1-3H3,(H2,21,22,23,24). The molecule has 0 aliphatic heterocycles. The second-order valence-electron chi connectivity index (χ2n) is 5.74. The molecule has 0 fully saturated rings. The SMILES string of the molecule is COc1ccc(Nc2nccc(NC(C)c3ccccc3)n2)cc1OC. The lowest BCUT2D eigenvalue weighted by atomic mass is 10.1. The zero-order valence-electron chi connectivity index (χ0n) is 15.1. The molecule has 0 saturated carbocycles. The van der Waals surface area contributed by atoms with E-state index in [4.69, 9.17) is 9.47 Å². The van der Waals surface area contributed by atoms with E-state index in [9.17, 15) is 0 Å². The predicted octanol–water partition coefficient (Wildman–Crippen LogP) is 4.41. The van der Waals surface area contributed by atoms with Gasteiger partial charge in [-0.15, -0.1) is 0 Å². The highest BCUT2D eigenvalue weighted by Gasteiger charge is 2.08. The van der Waals surface area contributed by atoms with Crippen LogP contribution in [0.4, 0.5) is 17.5 Å². The van der Waals surface area contributed by atoms with Crippen molar-refractivity contribution in [2.75, 3.05) is 24.9 Å². The fraction of sp³-hybridized carbons (Fsp3) is 0.200. The summed E-state index contributed by atoms with van der Waals surface area (Å²) in [6.45, 7) is 2.10. The van der Waals surface area contributed by atoms with Crippen molar-refractivity contribution in [3.8, 4) is 11.5 Å². The highest BCUT2D eigenvalue weighted by Crippen LogP contribution is 2.30. The van der Waals surface area contributed by atoms with Crippen LogP contribution in [0, 0.1) is 0 Å². The highest BCUT2D eigenvalue weighted by atomic mass is 16.5. The number of methoxy groups -OCH3 is 2. The minimum absolute atomic E-state index is 0.139. The van der Waals surface area contributed by atoms with Crippen molar-refractivity contribution in [1.29, 1.82) is 0 Å². The summed E-state index contributed by atoms with van der Waals surface area (Å²) in [5.41, 5.74) is 2.01. The predicted molar refractivity (Wildman–Crippen MR) is 103 cm³/mol. The Hall–Kier alpha value is -3.28. The van der Waals surface area contributed by atoms with Crippen molar-refractivity contribution in [2.24, 2.45) is 0 Å². The van der Waals surface area contributed by atoms with Gasteiger partial charge < -0.3 is 20.1 Å². The maximum Gasteiger partial charge on any atom is 0.229 e. The number of aromatic nitrogens is 2. The molecule has 26 heavy (non-hydrogen) atoms. The van der Waals surface area contributed by atoms with Crippen molar-refractivity contribution in [3.05, 3.63) is 66.4 Å². The maximum atomic E-state index is 5.32. The first-order valence-electron chi connectivity index (χ1n) is 8.33. The van der Waals surface area contributed by atoms with Crippen LogP contribution < -0.4 is 20.1 Å². The Bertz CT molecular complexity index is 855. The van der Waals surface area contributed by atoms with Gasteiger partial charge >= 0.3 is 0 Å². The molecule has 2 N–H and O–H groups in total. The van der Waals surface area contributed by atoms with E-state index in [0.29, 0.717) is 17.4 Å². The first-order chi connectivity index (χ1) is 12.7. The number of hydrogen-bond acceptors (Lipinski definition) is 6. The van der Waals surface area contributed by atoms with E-state index in [-0.39, 0.29) is 6.04 Å². The Morgan fingerprint density at radius 3 is 2.42 bits per heavy atom. The van der Waals surface area contributed by atoms with E-state index in [0.717, 1.165) is 11.5 Å². The summed E-state index contributed by atoms with van der Waals surface area (Å²) in [5, 5.41) is 6.57. The Balaban J connectivity index is 1.73. The van der Waals surface area contributed by atoms with Crippen LogP contribution in [0.1, 0.15) is 18.5 Å². The van der Waals surface area contributed by atoms with Gasteiger partial charge in [-0.05, 0) is 30.7 Å². The molecule has 0 bridgehead atoms. The molecule has 0 amide bonds. The summed E-state index contributed by atoms with van der Waals surface area (Å²) in [6.07, 6.45) is 1.72. The molecule has 1 heterocycles. The molecule has 3 aromatic rings. The molecule has 2 aromatic carbocycles. The van der Waals surface area contributed by atoms with E-state index in [1.54, 1.807) is 20.4 Å². The maximum absolute atomic E-state index is 5.32. The number of anilines is 3. The zero-order chi connectivity index (χ0) is 18.4. The molecule has 134 valence electrons. The molecule has 0 radical (unpaired) electrons. The molecule has 0 aliphatic rings. The molecular weight excluding hydrogens is 328 g/mol. The molecule has 3 rings (SSSR count). The third-order valence-corrected chi connectivity index (χ3v) is 3.96. The Morgan fingerprint density at radius 1 is 0.923 bits per heavy atom. The van der Waals surface area contributed by atoms with Gasteiger partial charge in [0.15, 0.2) is 11.5 Å². The molecule has 1 atom stereocenters. The van der Waals surface area contributed by atoms with Crippen LogP contribution in [0.5, 0.6) is 11.5 Å². The first kappa shape index (κ1) is 17.5. The van der Waals surface area contributed by atoms with Gasteiger partial charge in [-0.3, -0.25) is 0 Å². The Kier molecular flexibility index (Phi) is 5.53. The fourth-order valence-electron chi connectivity index (χ4n) is 2.59. The van der Waals surface area contributed by atoms with Gasteiger partial charge in [0.05, 0.1) is 14.2 Å². The van der Waals surface area contributed by atoms with Crippen molar-refractivity contribution < 1.29 is 9.47 Å². The number of nitrogens with zero attached hydrogens (tertiary/aromatic N) is 2. The average molecular weight is 350 g/mol. The largest absolute Gasteiger partial charge is 0.493 e. The van der Waals surface area contributed by atoms with E-state index < -0.39 is 0 Å². The van der Waals surface area contributed by atoms with Gasteiger partial charge in [0, 0.05) is 24.0 Å². The quantitative estimate of drug-likeness (QED) is 0.658. The van der Waals surface area contributed by atoms with E-state index >= 15 is 0 Å². The van der Waals surface area contributed by atoms with Crippen LogP contribution in [0.3, 0.4) is 0 Å². The third kappa shape index (κ3) is 4.22. The molecule has 6 heteroatoms. The lowest BCUT2D eigenvalue weighted by Gasteiger charge is -2.15. The normalized spacial score (nSPS) is 11.5. The van der Waals surface area contributed by atoms with E-state index in [2.05, 4.69) is 39.7 Å². The van der Waals surface area contributed by atoms with Crippen molar-refractivity contribution in [2.45, 2.75) is 13.0 Å². The molecule has 1 aromatic heterocycles. The number of benzene rings is 2. The highest BCUT2D eigenvalue weighted by molar-refractivity contribution is 5.60. The number of nitrogens with one attached hydrogen (secondary N) is 2. The summed E-state index contributed by atoms with van der Waals surface area (Å²) in [5.74, 6) is 2.57. The Labute approximate surface area is 153 Å². The lowest BCUT2D eigenvalue weighted by molar-refractivity contribution is 0.355. The molecule has 6 nitrogen and oxygen atoms in total. The van der Waals surface area contributed by atoms with Crippen LogP contribution in [-0.4, -0.2) is 24.2 Å². The van der Waals surface area contributed by atoms with Gasteiger partial charge in [0.2, 0.25) is 5.95 Å². The van der Waals surface area contributed by atoms with Crippen LogP contribution in [0.15, 0.2) is 60.8 Å². The molecular formula is C20H22N4O2. The van der Waals surface area contributed by atoms with Crippen molar-refractivity contribution in [3.63, 3.8) is 0 Å². The molecule has 0 saturated heterocycles. The second-order valence-corrected chi connectivity index (χ2v) is 5.74. The second kappa shape index (κ2) is 8.20. The van der Waals surface area contributed by atoms with Gasteiger partial charge in [0.25, 0.3) is 0 Å². The van der Waals surface area contributed by atoms with Gasteiger partial charge in [-0.25, -0.2) is 4.98 Å². The fourth-order valence-corrected chi connectivity index (χ4v) is 2.59. The van der Waals surface area contributed by atoms with Crippen LogP contribution in [-0.2, 0) is 0 Å². The summed E-state index contributed by atoms with van der Waals surface area (Å²) >= 11 is 0. The minimum atomic E-state index is 0.139. The average Bonchev–Trinajstić information content (AvgIpc) is 2.69. The lowest BCUT2D eigenvalue weighted by Crippen LogP contribution is -2.09.